The van der Waals surface area contributed by atoms with Crippen molar-refractivity contribution < 1.29 is 14.5 Å². The van der Waals surface area contributed by atoms with E-state index in [0.717, 1.165) is 25.1 Å². The number of nitro groups is 1. The maximum Gasteiger partial charge on any atom is 0.270 e. The highest BCUT2D eigenvalue weighted by atomic mass is 32.1. The van der Waals surface area contributed by atoms with Gasteiger partial charge in [0.25, 0.3) is 17.5 Å². The number of carbonyl (C=O) groups excluding carboxylic acids is 2. The number of hydrogen-bond donors (Lipinski definition) is 2. The van der Waals surface area contributed by atoms with E-state index in [1.165, 1.54) is 18.2 Å². The molecule has 2 aliphatic heterocycles. The normalized spacial score (nSPS) is 23.0. The molecule has 8 nitrogen and oxygen atoms in total. The number of anilines is 1. The van der Waals surface area contributed by atoms with E-state index < -0.39 is 16.7 Å². The molecule has 27 heavy (non-hydrogen) atoms. The van der Waals surface area contributed by atoms with E-state index in [-0.39, 0.29) is 22.4 Å². The van der Waals surface area contributed by atoms with Gasteiger partial charge in [-0.15, -0.1) is 0 Å². The zero-order valence-electron chi connectivity index (χ0n) is 15.0. The van der Waals surface area contributed by atoms with Crippen LogP contribution in [-0.4, -0.2) is 34.4 Å². The number of nitro benzene ring substituents is 1. The fourth-order valence-corrected chi connectivity index (χ4v) is 3.75. The minimum Gasteiger partial charge on any atom is -0.368 e. The number of hydrogen-bond acceptors (Lipinski definition) is 6. The second kappa shape index (κ2) is 7.43. The summed E-state index contributed by atoms with van der Waals surface area (Å²) in [7, 11) is 0. The largest absolute Gasteiger partial charge is 0.368 e. The lowest BCUT2D eigenvalue weighted by Gasteiger charge is -2.39. The Labute approximate surface area is 161 Å². The lowest BCUT2D eigenvalue weighted by atomic mass is 9.92. The summed E-state index contributed by atoms with van der Waals surface area (Å²) < 4.78 is 0. The van der Waals surface area contributed by atoms with Crippen molar-refractivity contribution in [1.29, 1.82) is 0 Å². The molecule has 2 atom stereocenters. The van der Waals surface area contributed by atoms with Gasteiger partial charge in [0.2, 0.25) is 0 Å². The van der Waals surface area contributed by atoms with Gasteiger partial charge >= 0.3 is 0 Å². The van der Waals surface area contributed by atoms with Gasteiger partial charge in [-0.25, -0.2) is 0 Å². The lowest BCUT2D eigenvalue weighted by Crippen LogP contribution is -2.51. The molecule has 2 aliphatic rings. The van der Waals surface area contributed by atoms with Gasteiger partial charge in [0.1, 0.15) is 5.57 Å². The summed E-state index contributed by atoms with van der Waals surface area (Å²) in [6.45, 7) is 5.11. The molecule has 1 aromatic carbocycles. The summed E-state index contributed by atoms with van der Waals surface area (Å²) in [5, 5.41) is 15.9. The van der Waals surface area contributed by atoms with Crippen LogP contribution in [0.2, 0.25) is 0 Å². The van der Waals surface area contributed by atoms with Crippen LogP contribution in [0.25, 0.3) is 6.08 Å². The summed E-state index contributed by atoms with van der Waals surface area (Å²) in [5.74, 6) is -0.643. The molecule has 2 amide bonds. The van der Waals surface area contributed by atoms with Crippen LogP contribution in [0.15, 0.2) is 23.8 Å². The van der Waals surface area contributed by atoms with Gasteiger partial charge in [0.05, 0.1) is 4.92 Å². The number of non-ortho nitro benzene ring substituents is 1. The molecule has 0 aromatic heterocycles. The van der Waals surface area contributed by atoms with Gasteiger partial charge in [-0.2, -0.15) is 0 Å². The van der Waals surface area contributed by atoms with Crippen molar-refractivity contribution in [1.82, 2.24) is 10.6 Å². The maximum atomic E-state index is 12.2. The number of nitrogens with zero attached hydrogens (tertiary/aromatic N) is 2. The zero-order chi connectivity index (χ0) is 19.7. The van der Waals surface area contributed by atoms with E-state index in [9.17, 15) is 19.7 Å². The predicted molar refractivity (Wildman–Crippen MR) is 105 cm³/mol. The highest BCUT2D eigenvalue weighted by Crippen LogP contribution is 2.33. The first kappa shape index (κ1) is 19.0. The second-order valence-electron chi connectivity index (χ2n) is 6.97. The Kier molecular flexibility index (Phi) is 5.22. The second-order valence-corrected chi connectivity index (χ2v) is 7.38. The molecule has 0 spiro atoms. The van der Waals surface area contributed by atoms with Crippen molar-refractivity contribution in [3.05, 3.63) is 39.4 Å². The first-order valence-electron chi connectivity index (χ1n) is 8.69. The Bertz CT molecular complexity index is 845. The third-order valence-corrected chi connectivity index (χ3v) is 5.12. The number of amides is 2. The molecule has 2 saturated heterocycles. The van der Waals surface area contributed by atoms with Gasteiger partial charge in [-0.1, -0.05) is 6.92 Å². The van der Waals surface area contributed by atoms with Crippen LogP contribution in [0.4, 0.5) is 11.4 Å². The topological polar surface area (TPSA) is 105 Å². The molecule has 2 N–H and O–H groups in total. The Hall–Kier alpha value is -2.81. The van der Waals surface area contributed by atoms with Gasteiger partial charge in [-0.3, -0.25) is 30.3 Å². The number of carbonyl (C=O) groups is 2. The quantitative estimate of drug-likeness (QED) is 0.270. The average molecular weight is 388 g/mol. The Morgan fingerprint density at radius 2 is 1.93 bits per heavy atom. The van der Waals surface area contributed by atoms with Crippen molar-refractivity contribution >= 4 is 46.6 Å². The van der Waals surface area contributed by atoms with Crippen molar-refractivity contribution in [3.63, 3.8) is 0 Å². The Morgan fingerprint density at radius 3 is 2.52 bits per heavy atom. The fourth-order valence-electron chi connectivity index (χ4n) is 3.56. The zero-order valence-corrected chi connectivity index (χ0v) is 15.8. The molecule has 0 unspecified atom stereocenters. The number of nitrogens with one attached hydrogen (secondary N) is 2. The molecule has 0 saturated carbocycles. The third-order valence-electron chi connectivity index (χ3n) is 4.91. The molecule has 2 fully saturated rings. The highest BCUT2D eigenvalue weighted by molar-refractivity contribution is 7.80. The van der Waals surface area contributed by atoms with Gasteiger partial charge in [0.15, 0.2) is 5.11 Å². The van der Waals surface area contributed by atoms with Crippen LogP contribution in [0.1, 0.15) is 32.3 Å². The van der Waals surface area contributed by atoms with Crippen molar-refractivity contribution in [2.75, 3.05) is 11.4 Å². The monoisotopic (exact) mass is 388 g/mol. The fraction of sp³-hybridized carbons (Fsp3) is 0.389. The number of rotatable bonds is 3. The lowest BCUT2D eigenvalue weighted by molar-refractivity contribution is -0.384. The van der Waals surface area contributed by atoms with Gasteiger partial charge < -0.3 is 4.90 Å². The smallest absolute Gasteiger partial charge is 0.270 e. The minimum absolute atomic E-state index is 0.0555. The summed E-state index contributed by atoms with van der Waals surface area (Å²) >= 11 is 4.80. The van der Waals surface area contributed by atoms with Crippen molar-refractivity contribution in [2.45, 2.75) is 32.7 Å². The van der Waals surface area contributed by atoms with Crippen molar-refractivity contribution in [2.24, 2.45) is 5.92 Å². The van der Waals surface area contributed by atoms with Crippen molar-refractivity contribution in [3.8, 4) is 0 Å². The molecule has 3 rings (SSSR count). The van der Waals surface area contributed by atoms with Crippen LogP contribution in [0.5, 0.6) is 0 Å². The first-order valence-corrected chi connectivity index (χ1v) is 9.10. The number of benzene rings is 1. The molecule has 0 aliphatic carbocycles. The van der Waals surface area contributed by atoms with Crippen LogP contribution >= 0.6 is 12.2 Å². The van der Waals surface area contributed by atoms with E-state index >= 15 is 0 Å². The van der Waals surface area contributed by atoms with Crippen LogP contribution in [0, 0.1) is 16.0 Å². The van der Waals surface area contributed by atoms with E-state index in [2.05, 4.69) is 29.4 Å². The number of thiocarbonyl (C=S) groups is 1. The summed E-state index contributed by atoms with van der Waals surface area (Å²) in [6, 6.07) is 4.76. The van der Waals surface area contributed by atoms with E-state index in [1.54, 1.807) is 6.07 Å². The standard InChI is InChI=1S/C18H20N4O4S/c1-10-5-6-21(11(2)7-10)15-4-3-13(22(25)26)8-12(15)9-14-16(23)19-18(27)20-17(14)24/h3-4,8-11H,5-7H2,1-2H3,(H2,19,20,23,24,27)/t10-,11-/m1/s1. The van der Waals surface area contributed by atoms with Crippen LogP contribution in [-0.2, 0) is 9.59 Å². The Balaban J connectivity index is 2.06. The van der Waals surface area contributed by atoms with E-state index in [1.807, 2.05) is 0 Å². The first-order chi connectivity index (χ1) is 12.8. The van der Waals surface area contributed by atoms with Crippen LogP contribution < -0.4 is 15.5 Å². The molecule has 0 bridgehead atoms. The molecule has 2 heterocycles. The summed E-state index contributed by atoms with van der Waals surface area (Å²) in [4.78, 5) is 37.2. The predicted octanol–water partition coefficient (Wildman–Crippen LogP) is 2.13. The Morgan fingerprint density at radius 1 is 1.26 bits per heavy atom. The molecular formula is C18H20N4O4S. The molecular weight excluding hydrogens is 368 g/mol. The maximum absolute atomic E-state index is 12.2. The summed E-state index contributed by atoms with van der Waals surface area (Å²) in [5.41, 5.74) is 0.985. The minimum atomic E-state index is -0.624. The average Bonchev–Trinajstić information content (AvgIpc) is 2.58. The van der Waals surface area contributed by atoms with Gasteiger partial charge in [-0.05, 0) is 50.0 Å². The number of piperidine rings is 1. The van der Waals surface area contributed by atoms with Gasteiger partial charge in [0, 0.05) is 36.0 Å². The van der Waals surface area contributed by atoms with E-state index in [4.69, 9.17) is 12.2 Å². The molecule has 0 radical (unpaired) electrons. The van der Waals surface area contributed by atoms with Crippen LogP contribution in [0.3, 0.4) is 0 Å². The molecule has 142 valence electrons. The van der Waals surface area contributed by atoms with E-state index in [0.29, 0.717) is 11.5 Å². The molecule has 1 aromatic rings. The summed E-state index contributed by atoms with van der Waals surface area (Å²) in [6.07, 6.45) is 3.40. The highest BCUT2D eigenvalue weighted by Gasteiger charge is 2.29. The molecule has 9 heteroatoms. The third kappa shape index (κ3) is 3.97. The SMILES string of the molecule is C[C@@H]1CCN(c2ccc([N+](=O)[O-])cc2C=C2C(=O)NC(=S)NC2=O)[C@H](C)C1.